The molecule has 0 aliphatic carbocycles. The number of carbonyl (C=O) groups is 1. The number of sulfonamides is 1. The van der Waals surface area contributed by atoms with Crippen molar-refractivity contribution in [3.8, 4) is 16.9 Å². The van der Waals surface area contributed by atoms with Gasteiger partial charge in [-0.1, -0.05) is 24.3 Å². The Bertz CT molecular complexity index is 1210. The second-order valence-corrected chi connectivity index (χ2v) is 9.97. The molecule has 10 nitrogen and oxygen atoms in total. The van der Waals surface area contributed by atoms with Crippen LogP contribution in [0.25, 0.3) is 11.1 Å². The van der Waals surface area contributed by atoms with Gasteiger partial charge < -0.3 is 30.1 Å². The van der Waals surface area contributed by atoms with Crippen LogP contribution in [0.4, 0.5) is 18.9 Å². The van der Waals surface area contributed by atoms with Gasteiger partial charge in [0.1, 0.15) is 30.1 Å². The largest absolute Gasteiger partial charge is 0.471 e. The number of anilines is 1. The van der Waals surface area contributed by atoms with Crippen molar-refractivity contribution < 1.29 is 51.2 Å². The van der Waals surface area contributed by atoms with Gasteiger partial charge in [0.2, 0.25) is 16.3 Å². The van der Waals surface area contributed by atoms with Gasteiger partial charge in [0, 0.05) is 11.3 Å². The number of halogens is 3. The predicted molar refractivity (Wildman–Crippen MR) is 121 cm³/mol. The second kappa shape index (κ2) is 10.6. The Balaban J connectivity index is 2.01. The zero-order valence-corrected chi connectivity index (χ0v) is 19.9. The Morgan fingerprint density at radius 1 is 1.14 bits per heavy atom. The Hall–Kier alpha value is -2.91. The van der Waals surface area contributed by atoms with Crippen molar-refractivity contribution in [1.82, 2.24) is 5.32 Å². The third-order valence-electron chi connectivity index (χ3n) is 5.37. The number of aryl methyl sites for hydroxylation is 1. The number of ether oxygens (including phenoxy) is 2. The summed E-state index contributed by atoms with van der Waals surface area (Å²) in [5.41, 5.74) is 1.77. The molecule has 2 aromatic carbocycles. The molecule has 1 aliphatic heterocycles. The minimum atomic E-state index is -5.29. The number of alkyl halides is 3. The summed E-state index contributed by atoms with van der Waals surface area (Å²) in [5.74, 6) is -2.33. The number of amides is 1. The van der Waals surface area contributed by atoms with Crippen molar-refractivity contribution in [3.63, 3.8) is 0 Å². The molecule has 1 amide bonds. The lowest BCUT2D eigenvalue weighted by Crippen LogP contribution is -2.66. The first-order valence-corrected chi connectivity index (χ1v) is 12.4. The van der Waals surface area contributed by atoms with Gasteiger partial charge in [0.25, 0.3) is 0 Å². The monoisotopic (exact) mass is 534 g/mol. The summed E-state index contributed by atoms with van der Waals surface area (Å²) in [6.45, 7) is 0.913. The molecule has 3 rings (SSSR count). The highest BCUT2D eigenvalue weighted by molar-refractivity contribution is 7.92. The molecule has 0 bridgehead atoms. The van der Waals surface area contributed by atoms with E-state index < -0.39 is 59.4 Å². The molecule has 14 heteroatoms. The highest BCUT2D eigenvalue weighted by atomic mass is 32.2. The van der Waals surface area contributed by atoms with E-state index in [0.717, 1.165) is 6.26 Å². The fraction of sp³-hybridized carbons (Fsp3) is 0.409. The molecule has 1 aliphatic rings. The van der Waals surface area contributed by atoms with E-state index in [1.807, 2.05) is 0 Å². The number of carbonyl (C=O) groups excluding carboxylic acids is 1. The fourth-order valence-electron chi connectivity index (χ4n) is 3.76. The Morgan fingerprint density at radius 2 is 1.81 bits per heavy atom. The summed E-state index contributed by atoms with van der Waals surface area (Å²) in [6, 6.07) is 9.12. The highest BCUT2D eigenvalue weighted by Gasteiger charge is 2.49. The van der Waals surface area contributed by atoms with Crippen molar-refractivity contribution in [2.24, 2.45) is 0 Å². The number of nitrogens with one attached hydrogen (secondary N) is 2. The zero-order valence-electron chi connectivity index (χ0n) is 19.1. The van der Waals surface area contributed by atoms with E-state index in [2.05, 4.69) is 4.72 Å². The van der Waals surface area contributed by atoms with Gasteiger partial charge >= 0.3 is 12.1 Å². The van der Waals surface area contributed by atoms with Crippen LogP contribution in [0.2, 0.25) is 0 Å². The third-order valence-corrected chi connectivity index (χ3v) is 5.97. The average molecular weight is 535 g/mol. The van der Waals surface area contributed by atoms with Crippen LogP contribution in [0.5, 0.6) is 5.75 Å². The summed E-state index contributed by atoms with van der Waals surface area (Å²) in [6.07, 6.45) is -11.3. The van der Waals surface area contributed by atoms with Crippen LogP contribution in [0, 0.1) is 6.92 Å². The summed E-state index contributed by atoms with van der Waals surface area (Å²) < 4.78 is 75.5. The Morgan fingerprint density at radius 3 is 2.42 bits per heavy atom. The summed E-state index contributed by atoms with van der Waals surface area (Å²) >= 11 is 0. The molecular weight excluding hydrogens is 509 g/mol. The standard InChI is InChI=1S/C22H25F3N2O8S/c1-11-5-3-8-14(16(11)12-6-4-7-13(9-12)27-36(2,32)33)34-20-17(26-21(31)22(23,24)25)19(30)18(29)15(10-28)35-20/h3-9,15,17-20,27-30H,10H2,1-2H3,(H,26,31)/t15?,17?,18-,19?,20+/m0/s1. The van der Waals surface area contributed by atoms with Crippen molar-refractivity contribution in [2.75, 3.05) is 17.6 Å². The molecule has 3 unspecified atom stereocenters. The molecule has 0 spiro atoms. The number of benzene rings is 2. The van der Waals surface area contributed by atoms with E-state index in [9.17, 15) is 41.7 Å². The maximum Gasteiger partial charge on any atom is 0.471 e. The normalized spacial score (nSPS) is 24.7. The first-order valence-electron chi connectivity index (χ1n) is 10.6. The van der Waals surface area contributed by atoms with E-state index in [1.165, 1.54) is 18.2 Å². The third kappa shape index (κ3) is 6.44. The molecule has 1 fully saturated rings. The van der Waals surface area contributed by atoms with Gasteiger partial charge in [0.15, 0.2) is 0 Å². The van der Waals surface area contributed by atoms with Crippen molar-refractivity contribution in [2.45, 2.75) is 43.7 Å². The Kier molecular flexibility index (Phi) is 8.15. The maximum absolute atomic E-state index is 12.9. The topological polar surface area (TPSA) is 154 Å². The number of aliphatic hydroxyl groups is 3. The van der Waals surface area contributed by atoms with Gasteiger partial charge in [-0.25, -0.2) is 8.42 Å². The summed E-state index contributed by atoms with van der Waals surface area (Å²) in [7, 11) is -3.58. The van der Waals surface area contributed by atoms with Gasteiger partial charge in [-0.15, -0.1) is 0 Å². The van der Waals surface area contributed by atoms with E-state index in [4.69, 9.17) is 9.47 Å². The molecule has 36 heavy (non-hydrogen) atoms. The lowest BCUT2D eigenvalue weighted by molar-refractivity contribution is -0.247. The molecule has 198 valence electrons. The van der Waals surface area contributed by atoms with E-state index >= 15 is 0 Å². The molecule has 0 saturated carbocycles. The predicted octanol–water partition coefficient (Wildman–Crippen LogP) is 0.898. The second-order valence-electron chi connectivity index (χ2n) is 8.22. The summed E-state index contributed by atoms with van der Waals surface area (Å²) in [4.78, 5) is 11.6. The molecule has 0 aromatic heterocycles. The molecular formula is C22H25F3N2O8S. The first kappa shape index (κ1) is 27.7. The van der Waals surface area contributed by atoms with Crippen LogP contribution in [0.1, 0.15) is 5.56 Å². The lowest BCUT2D eigenvalue weighted by Gasteiger charge is -2.42. The highest BCUT2D eigenvalue weighted by Crippen LogP contribution is 2.36. The SMILES string of the molecule is Cc1cccc(O[C@@H]2OC(CO)[C@H](O)C(O)C2NC(=O)C(F)(F)F)c1-c1cccc(NS(C)(=O)=O)c1. The minimum Gasteiger partial charge on any atom is -0.462 e. The summed E-state index contributed by atoms with van der Waals surface area (Å²) in [5, 5.41) is 31.6. The van der Waals surface area contributed by atoms with Gasteiger partial charge in [-0.2, -0.15) is 13.2 Å². The lowest BCUT2D eigenvalue weighted by atomic mass is 9.96. The number of rotatable bonds is 7. The number of aliphatic hydroxyl groups excluding tert-OH is 3. The maximum atomic E-state index is 12.9. The van der Waals surface area contributed by atoms with Crippen LogP contribution in [0.15, 0.2) is 42.5 Å². The van der Waals surface area contributed by atoms with Gasteiger partial charge in [-0.05, 0) is 36.2 Å². The van der Waals surface area contributed by atoms with E-state index in [0.29, 0.717) is 16.7 Å². The van der Waals surface area contributed by atoms with Crippen LogP contribution >= 0.6 is 0 Å². The first-order chi connectivity index (χ1) is 16.7. The van der Waals surface area contributed by atoms with Gasteiger partial charge in [0.05, 0.1) is 12.9 Å². The quantitative estimate of drug-likeness (QED) is 0.351. The fourth-order valence-corrected chi connectivity index (χ4v) is 4.31. The smallest absolute Gasteiger partial charge is 0.462 e. The zero-order chi connectivity index (χ0) is 26.8. The van der Waals surface area contributed by atoms with E-state index in [1.54, 1.807) is 36.5 Å². The van der Waals surface area contributed by atoms with Gasteiger partial charge in [-0.3, -0.25) is 9.52 Å². The molecule has 2 aromatic rings. The van der Waals surface area contributed by atoms with Crippen LogP contribution in [-0.4, -0.2) is 79.3 Å². The van der Waals surface area contributed by atoms with Crippen molar-refractivity contribution in [1.29, 1.82) is 0 Å². The van der Waals surface area contributed by atoms with Crippen molar-refractivity contribution in [3.05, 3.63) is 48.0 Å². The van der Waals surface area contributed by atoms with Crippen LogP contribution in [0.3, 0.4) is 0 Å². The number of hydrogen-bond donors (Lipinski definition) is 5. The minimum absolute atomic E-state index is 0.0584. The molecule has 5 atom stereocenters. The Labute approximate surface area is 204 Å². The van der Waals surface area contributed by atoms with Crippen LogP contribution in [-0.2, 0) is 19.6 Å². The molecule has 0 radical (unpaired) electrons. The van der Waals surface area contributed by atoms with Crippen LogP contribution < -0.4 is 14.8 Å². The molecule has 1 heterocycles. The van der Waals surface area contributed by atoms with E-state index in [-0.39, 0.29) is 11.4 Å². The molecule has 5 N–H and O–H groups in total. The number of hydrogen-bond acceptors (Lipinski definition) is 8. The van der Waals surface area contributed by atoms with Crippen molar-refractivity contribution >= 4 is 21.6 Å². The molecule has 1 saturated heterocycles. The average Bonchev–Trinajstić information content (AvgIpc) is 2.77.